The summed E-state index contributed by atoms with van der Waals surface area (Å²) in [7, 11) is 1.67. The lowest BCUT2D eigenvalue weighted by Gasteiger charge is -2.43. The standard InChI is InChI=1S/C12H18N6O2/c1-12(2)11(20)13-9(7-4-5-7)10(19)18(12)6-8-14-16-17(3)15-8/h7,9H,4-6H2,1-3H3,(H,13,20). The maximum Gasteiger partial charge on any atom is 0.246 e. The quantitative estimate of drug-likeness (QED) is 0.783. The van der Waals surface area contributed by atoms with Crippen molar-refractivity contribution in [2.24, 2.45) is 13.0 Å². The highest BCUT2D eigenvalue weighted by molar-refractivity contribution is 5.99. The highest BCUT2D eigenvalue weighted by atomic mass is 16.2. The van der Waals surface area contributed by atoms with E-state index < -0.39 is 11.6 Å². The van der Waals surface area contributed by atoms with E-state index in [1.54, 1.807) is 25.8 Å². The number of amides is 2. The number of carbonyl (C=O) groups excluding carboxylic acids is 2. The molecule has 0 radical (unpaired) electrons. The lowest BCUT2D eigenvalue weighted by molar-refractivity contribution is -0.156. The van der Waals surface area contributed by atoms with Crippen molar-refractivity contribution in [3.63, 3.8) is 0 Å². The van der Waals surface area contributed by atoms with Gasteiger partial charge in [0.05, 0.1) is 13.6 Å². The van der Waals surface area contributed by atoms with Gasteiger partial charge in [-0.05, 0) is 37.8 Å². The number of aryl methyl sites for hydroxylation is 1. The third kappa shape index (κ3) is 2.04. The van der Waals surface area contributed by atoms with E-state index in [0.717, 1.165) is 12.8 Å². The van der Waals surface area contributed by atoms with Crippen LogP contribution in [-0.4, -0.2) is 48.5 Å². The maximum atomic E-state index is 12.6. The first-order chi connectivity index (χ1) is 9.39. The number of hydrogen-bond donors (Lipinski definition) is 1. The van der Waals surface area contributed by atoms with Gasteiger partial charge in [-0.1, -0.05) is 0 Å². The molecule has 1 unspecified atom stereocenters. The minimum absolute atomic E-state index is 0.0513. The average molecular weight is 278 g/mol. The Kier molecular flexibility index (Phi) is 2.77. The molecule has 1 aromatic rings. The fraction of sp³-hybridized carbons (Fsp3) is 0.750. The van der Waals surface area contributed by atoms with Crippen molar-refractivity contribution in [1.29, 1.82) is 0 Å². The molecule has 0 spiro atoms. The van der Waals surface area contributed by atoms with E-state index >= 15 is 0 Å². The highest BCUT2D eigenvalue weighted by Crippen LogP contribution is 2.36. The molecule has 8 heteroatoms. The summed E-state index contributed by atoms with van der Waals surface area (Å²) in [5, 5.41) is 14.6. The van der Waals surface area contributed by atoms with Crippen LogP contribution >= 0.6 is 0 Å². The molecule has 1 N–H and O–H groups in total. The van der Waals surface area contributed by atoms with Gasteiger partial charge in [0.15, 0.2) is 5.82 Å². The van der Waals surface area contributed by atoms with Gasteiger partial charge in [-0.25, -0.2) is 0 Å². The maximum absolute atomic E-state index is 12.6. The highest BCUT2D eigenvalue weighted by Gasteiger charge is 2.50. The lowest BCUT2D eigenvalue weighted by Crippen LogP contribution is -2.68. The molecule has 1 aromatic heterocycles. The molecule has 2 heterocycles. The minimum Gasteiger partial charge on any atom is -0.342 e. The molecule has 0 aromatic carbocycles. The zero-order chi connectivity index (χ0) is 14.5. The van der Waals surface area contributed by atoms with E-state index in [2.05, 4.69) is 20.7 Å². The molecule has 2 aliphatic rings. The molecule has 8 nitrogen and oxygen atoms in total. The van der Waals surface area contributed by atoms with Gasteiger partial charge >= 0.3 is 0 Å². The lowest BCUT2D eigenvalue weighted by atomic mass is 9.94. The van der Waals surface area contributed by atoms with Crippen LogP contribution in [0.15, 0.2) is 0 Å². The molecule has 20 heavy (non-hydrogen) atoms. The molecule has 0 bridgehead atoms. The Morgan fingerprint density at radius 3 is 2.60 bits per heavy atom. The topological polar surface area (TPSA) is 93.0 Å². The van der Waals surface area contributed by atoms with Gasteiger partial charge in [-0.3, -0.25) is 9.59 Å². The van der Waals surface area contributed by atoms with Crippen LogP contribution in [0.1, 0.15) is 32.5 Å². The zero-order valence-electron chi connectivity index (χ0n) is 11.8. The van der Waals surface area contributed by atoms with Crippen LogP contribution < -0.4 is 5.32 Å². The van der Waals surface area contributed by atoms with Crippen LogP contribution in [0.3, 0.4) is 0 Å². The van der Waals surface area contributed by atoms with E-state index in [1.807, 2.05) is 0 Å². The summed E-state index contributed by atoms with van der Waals surface area (Å²) in [6.07, 6.45) is 1.99. The van der Waals surface area contributed by atoms with Gasteiger partial charge in [0, 0.05) is 0 Å². The predicted octanol–water partition coefficient (Wildman–Crippen LogP) is -0.774. The summed E-state index contributed by atoms with van der Waals surface area (Å²) < 4.78 is 0. The van der Waals surface area contributed by atoms with Crippen LogP contribution in [0.2, 0.25) is 0 Å². The van der Waals surface area contributed by atoms with Gasteiger partial charge in [0.2, 0.25) is 11.8 Å². The molecule has 1 saturated heterocycles. The van der Waals surface area contributed by atoms with E-state index in [1.165, 1.54) is 4.80 Å². The Labute approximate surface area is 116 Å². The van der Waals surface area contributed by atoms with Crippen molar-refractivity contribution in [2.45, 2.75) is 44.8 Å². The van der Waals surface area contributed by atoms with Gasteiger partial charge in [-0.15, -0.1) is 10.2 Å². The minimum atomic E-state index is -0.901. The average Bonchev–Trinajstić information content (AvgIpc) is 3.13. The number of hydrogen-bond acceptors (Lipinski definition) is 5. The third-order valence-corrected chi connectivity index (χ3v) is 3.99. The second-order valence-corrected chi connectivity index (χ2v) is 5.97. The first-order valence-electron chi connectivity index (χ1n) is 6.75. The number of piperazine rings is 1. The Bertz CT molecular complexity index is 562. The van der Waals surface area contributed by atoms with Gasteiger partial charge in [0.1, 0.15) is 11.6 Å². The second kappa shape index (κ2) is 4.26. The Morgan fingerprint density at radius 2 is 2.05 bits per heavy atom. The predicted molar refractivity (Wildman–Crippen MR) is 68.1 cm³/mol. The smallest absolute Gasteiger partial charge is 0.246 e. The first kappa shape index (κ1) is 13.0. The fourth-order valence-electron chi connectivity index (χ4n) is 2.50. The van der Waals surface area contributed by atoms with Crippen molar-refractivity contribution in [1.82, 2.24) is 30.4 Å². The Balaban J connectivity index is 1.87. The van der Waals surface area contributed by atoms with E-state index in [4.69, 9.17) is 0 Å². The number of carbonyl (C=O) groups is 2. The molecule has 2 amide bonds. The summed E-state index contributed by atoms with van der Waals surface area (Å²) in [5.41, 5.74) is -0.901. The molecule has 3 rings (SSSR count). The van der Waals surface area contributed by atoms with Crippen LogP contribution in [0.5, 0.6) is 0 Å². The van der Waals surface area contributed by atoms with Crippen molar-refractivity contribution < 1.29 is 9.59 Å². The number of rotatable bonds is 3. The largest absolute Gasteiger partial charge is 0.342 e. The molecule has 1 saturated carbocycles. The number of nitrogens with zero attached hydrogens (tertiary/aromatic N) is 5. The SMILES string of the molecule is Cn1nnc(CN2C(=O)C(C3CC3)NC(=O)C2(C)C)n1. The van der Waals surface area contributed by atoms with E-state index in [-0.39, 0.29) is 24.3 Å². The molecular formula is C12H18N6O2. The van der Waals surface area contributed by atoms with Crippen LogP contribution in [0.25, 0.3) is 0 Å². The van der Waals surface area contributed by atoms with Crippen molar-refractivity contribution in [2.75, 3.05) is 0 Å². The van der Waals surface area contributed by atoms with Gasteiger partial charge < -0.3 is 10.2 Å². The summed E-state index contributed by atoms with van der Waals surface area (Å²) in [4.78, 5) is 27.8. The number of nitrogens with one attached hydrogen (secondary N) is 1. The molecule has 1 atom stereocenters. The second-order valence-electron chi connectivity index (χ2n) is 5.97. The van der Waals surface area contributed by atoms with Crippen molar-refractivity contribution in [3.05, 3.63) is 5.82 Å². The first-order valence-corrected chi connectivity index (χ1v) is 6.75. The third-order valence-electron chi connectivity index (χ3n) is 3.99. The Hall–Kier alpha value is -1.99. The van der Waals surface area contributed by atoms with Gasteiger partial charge in [0.25, 0.3) is 0 Å². The van der Waals surface area contributed by atoms with Crippen molar-refractivity contribution in [3.8, 4) is 0 Å². The number of tetrazole rings is 1. The van der Waals surface area contributed by atoms with Crippen LogP contribution in [0.4, 0.5) is 0 Å². The molecule has 108 valence electrons. The summed E-state index contributed by atoms with van der Waals surface area (Å²) in [5.74, 6) is 0.542. The Morgan fingerprint density at radius 1 is 1.35 bits per heavy atom. The van der Waals surface area contributed by atoms with Crippen LogP contribution in [-0.2, 0) is 23.2 Å². The normalized spacial score (nSPS) is 25.8. The zero-order valence-corrected chi connectivity index (χ0v) is 11.8. The molecule has 2 fully saturated rings. The molecular weight excluding hydrogens is 260 g/mol. The van der Waals surface area contributed by atoms with E-state index in [9.17, 15) is 9.59 Å². The fourth-order valence-corrected chi connectivity index (χ4v) is 2.50. The number of aromatic nitrogens is 4. The molecule has 1 aliphatic heterocycles. The summed E-state index contributed by atoms with van der Waals surface area (Å²) in [6.45, 7) is 3.68. The van der Waals surface area contributed by atoms with Gasteiger partial charge in [-0.2, -0.15) is 4.80 Å². The molecule has 1 aliphatic carbocycles. The monoisotopic (exact) mass is 278 g/mol. The summed E-state index contributed by atoms with van der Waals surface area (Å²) in [6, 6.07) is -0.396. The van der Waals surface area contributed by atoms with Crippen LogP contribution in [0, 0.1) is 5.92 Å². The van der Waals surface area contributed by atoms with E-state index in [0.29, 0.717) is 5.82 Å². The summed E-state index contributed by atoms with van der Waals surface area (Å²) >= 11 is 0. The van der Waals surface area contributed by atoms with Crippen molar-refractivity contribution >= 4 is 11.8 Å².